The zero-order chi connectivity index (χ0) is 18.4. The van der Waals surface area contributed by atoms with Crippen LogP contribution in [-0.2, 0) is 17.8 Å². The Morgan fingerprint density at radius 2 is 2.24 bits per heavy atom. The normalized spacial score (nSPS) is 12.4. The first kappa shape index (κ1) is 19.3. The lowest BCUT2D eigenvalue weighted by Gasteiger charge is -2.25. The van der Waals surface area contributed by atoms with Gasteiger partial charge in [-0.05, 0) is 50.4 Å². The number of hydrogen-bond donors (Lipinski definition) is 2. The minimum atomic E-state index is -0.287. The largest absolute Gasteiger partial charge is 0.353 e. The molecular formula is C17H24FN5OS. The number of aromatic nitrogens is 3. The van der Waals surface area contributed by atoms with E-state index in [0.717, 1.165) is 24.2 Å². The fraction of sp³-hybridized carbons (Fsp3) is 0.471. The maximum Gasteiger partial charge on any atom is 0.240 e. The monoisotopic (exact) mass is 365 g/mol. The van der Waals surface area contributed by atoms with Gasteiger partial charge in [-0.25, -0.2) is 4.39 Å². The van der Waals surface area contributed by atoms with Crippen molar-refractivity contribution >= 4 is 18.1 Å². The van der Waals surface area contributed by atoms with Crippen LogP contribution in [0, 0.1) is 10.6 Å². The summed E-state index contributed by atoms with van der Waals surface area (Å²) in [5.41, 5.74) is 0.817. The van der Waals surface area contributed by atoms with Crippen molar-refractivity contribution < 1.29 is 9.18 Å². The van der Waals surface area contributed by atoms with Gasteiger partial charge in [-0.2, -0.15) is 5.10 Å². The molecule has 0 aliphatic heterocycles. The molecule has 1 amide bonds. The zero-order valence-electron chi connectivity index (χ0n) is 14.8. The molecular weight excluding hydrogens is 341 g/mol. The average Bonchev–Trinajstić information content (AvgIpc) is 2.88. The van der Waals surface area contributed by atoms with E-state index in [0.29, 0.717) is 11.3 Å². The van der Waals surface area contributed by atoms with Crippen molar-refractivity contribution in [1.29, 1.82) is 0 Å². The number of hydrogen-bond acceptors (Lipinski definition) is 4. The van der Waals surface area contributed by atoms with Crippen LogP contribution in [0.3, 0.4) is 0 Å². The number of aryl methyl sites for hydroxylation is 1. The van der Waals surface area contributed by atoms with E-state index >= 15 is 0 Å². The molecule has 0 saturated heterocycles. The van der Waals surface area contributed by atoms with E-state index in [2.05, 4.69) is 15.5 Å². The number of likely N-dealkylation sites (N-methyl/N-ethyl adjacent to an activating group) is 1. The molecule has 0 radical (unpaired) electrons. The van der Waals surface area contributed by atoms with Gasteiger partial charge in [0.1, 0.15) is 18.2 Å². The van der Waals surface area contributed by atoms with Crippen molar-refractivity contribution in [2.24, 2.45) is 0 Å². The molecule has 1 aromatic heterocycles. The molecule has 1 atom stereocenters. The first-order chi connectivity index (χ1) is 11.9. The number of carbonyl (C=O) groups excluding carboxylic acids is 1. The summed E-state index contributed by atoms with van der Waals surface area (Å²) in [5, 5.41) is 9.79. The molecule has 0 aliphatic carbocycles. The number of H-pyrrole nitrogens is 1. The number of nitrogens with zero attached hydrogens (tertiary/aromatic N) is 3. The van der Waals surface area contributed by atoms with Gasteiger partial charge < -0.3 is 10.2 Å². The van der Waals surface area contributed by atoms with Crippen LogP contribution in [0.5, 0.6) is 0 Å². The Labute approximate surface area is 152 Å². The van der Waals surface area contributed by atoms with Gasteiger partial charge in [-0.1, -0.05) is 19.1 Å². The standard InChI is InChI=1S/C17H24FN5OS/c1-4-6-15-20-21-17(25)23(15)11-16(24)19-10-14(22(2)3)12-7-5-8-13(18)9-12/h5,7-9,14H,4,6,10-11H2,1-3H3,(H,19,24)(H,21,25)/t14-/m1/s1. The molecule has 1 heterocycles. The summed E-state index contributed by atoms with van der Waals surface area (Å²) in [7, 11) is 3.79. The van der Waals surface area contributed by atoms with Crippen LogP contribution in [0.4, 0.5) is 4.39 Å². The molecule has 0 spiro atoms. The quantitative estimate of drug-likeness (QED) is 0.705. The SMILES string of the molecule is CCCc1n[nH]c(=S)n1CC(=O)NC[C@H](c1cccc(F)c1)N(C)C. The van der Waals surface area contributed by atoms with Crippen LogP contribution in [0.2, 0.25) is 0 Å². The van der Waals surface area contributed by atoms with Crippen LogP contribution >= 0.6 is 12.2 Å². The summed E-state index contributed by atoms with van der Waals surface area (Å²) in [6.07, 6.45) is 1.67. The van der Waals surface area contributed by atoms with Crippen LogP contribution in [0.1, 0.15) is 30.8 Å². The molecule has 2 aromatic rings. The Kier molecular flexibility index (Phi) is 6.83. The van der Waals surface area contributed by atoms with Gasteiger partial charge in [-0.3, -0.25) is 14.5 Å². The van der Waals surface area contributed by atoms with Gasteiger partial charge in [0.2, 0.25) is 5.91 Å². The van der Waals surface area contributed by atoms with E-state index in [-0.39, 0.29) is 24.3 Å². The third-order valence-corrected chi connectivity index (χ3v) is 4.27. The maximum absolute atomic E-state index is 13.5. The highest BCUT2D eigenvalue weighted by molar-refractivity contribution is 7.71. The number of carbonyl (C=O) groups is 1. The molecule has 6 nitrogen and oxygen atoms in total. The second kappa shape index (κ2) is 8.87. The van der Waals surface area contributed by atoms with Crippen molar-refractivity contribution in [1.82, 2.24) is 25.0 Å². The highest BCUT2D eigenvalue weighted by Gasteiger charge is 2.17. The summed E-state index contributed by atoms with van der Waals surface area (Å²) in [5.74, 6) is 0.333. The topological polar surface area (TPSA) is 66.0 Å². The van der Waals surface area contributed by atoms with Gasteiger partial charge in [0, 0.05) is 13.0 Å². The lowest BCUT2D eigenvalue weighted by molar-refractivity contribution is -0.121. The zero-order valence-corrected chi connectivity index (χ0v) is 15.6. The Bertz CT molecular complexity index is 770. The highest BCUT2D eigenvalue weighted by Crippen LogP contribution is 2.18. The minimum Gasteiger partial charge on any atom is -0.353 e. The number of halogens is 1. The molecule has 2 rings (SSSR count). The van der Waals surface area contributed by atoms with Gasteiger partial charge in [0.25, 0.3) is 0 Å². The Morgan fingerprint density at radius 1 is 1.48 bits per heavy atom. The lowest BCUT2D eigenvalue weighted by atomic mass is 10.1. The summed E-state index contributed by atoms with van der Waals surface area (Å²) in [6, 6.07) is 6.30. The molecule has 8 heteroatoms. The van der Waals surface area contributed by atoms with Crippen molar-refractivity contribution in [3.63, 3.8) is 0 Å². The Balaban J connectivity index is 2.02. The molecule has 2 N–H and O–H groups in total. The molecule has 0 bridgehead atoms. The number of amides is 1. The van der Waals surface area contributed by atoms with Gasteiger partial charge in [-0.15, -0.1) is 0 Å². The molecule has 25 heavy (non-hydrogen) atoms. The first-order valence-electron chi connectivity index (χ1n) is 8.25. The average molecular weight is 365 g/mol. The van der Waals surface area contributed by atoms with Crippen molar-refractivity contribution in [2.75, 3.05) is 20.6 Å². The van der Waals surface area contributed by atoms with Gasteiger partial charge >= 0.3 is 0 Å². The maximum atomic E-state index is 13.5. The third-order valence-electron chi connectivity index (χ3n) is 3.96. The fourth-order valence-corrected chi connectivity index (χ4v) is 2.87. The predicted octanol–water partition coefficient (Wildman–Crippen LogP) is 2.45. The van der Waals surface area contributed by atoms with Crippen LogP contribution in [-0.4, -0.2) is 46.2 Å². The van der Waals surface area contributed by atoms with Crippen LogP contribution in [0.15, 0.2) is 24.3 Å². The smallest absolute Gasteiger partial charge is 0.240 e. The number of rotatable bonds is 8. The third kappa shape index (κ3) is 5.20. The van der Waals surface area contributed by atoms with Gasteiger partial charge in [0.15, 0.2) is 4.77 Å². The highest BCUT2D eigenvalue weighted by atomic mass is 32.1. The first-order valence-corrected chi connectivity index (χ1v) is 8.65. The molecule has 136 valence electrons. The number of nitrogens with one attached hydrogen (secondary N) is 2. The molecule has 0 unspecified atom stereocenters. The van der Waals surface area contributed by atoms with Crippen LogP contribution < -0.4 is 5.32 Å². The Hall–Kier alpha value is -2.06. The van der Waals surface area contributed by atoms with E-state index in [1.165, 1.54) is 12.1 Å². The number of benzene rings is 1. The van der Waals surface area contributed by atoms with Gasteiger partial charge in [0.05, 0.1) is 6.04 Å². The van der Waals surface area contributed by atoms with Crippen molar-refractivity contribution in [3.8, 4) is 0 Å². The van der Waals surface area contributed by atoms with E-state index in [4.69, 9.17) is 12.2 Å². The second-order valence-corrected chi connectivity index (χ2v) is 6.51. The molecule has 0 aliphatic rings. The second-order valence-electron chi connectivity index (χ2n) is 6.12. The van der Waals surface area contributed by atoms with E-state index in [1.807, 2.05) is 32.0 Å². The van der Waals surface area contributed by atoms with Crippen molar-refractivity contribution in [3.05, 3.63) is 46.2 Å². The Morgan fingerprint density at radius 3 is 2.88 bits per heavy atom. The molecule has 0 fully saturated rings. The molecule has 1 aromatic carbocycles. The summed E-state index contributed by atoms with van der Waals surface area (Å²) in [4.78, 5) is 14.3. The fourth-order valence-electron chi connectivity index (χ4n) is 2.65. The van der Waals surface area contributed by atoms with E-state index < -0.39 is 0 Å². The number of aromatic amines is 1. The summed E-state index contributed by atoms with van der Waals surface area (Å²) < 4.78 is 15.6. The lowest BCUT2D eigenvalue weighted by Crippen LogP contribution is -2.36. The van der Waals surface area contributed by atoms with Crippen molar-refractivity contribution in [2.45, 2.75) is 32.4 Å². The van der Waals surface area contributed by atoms with E-state index in [1.54, 1.807) is 10.6 Å². The minimum absolute atomic E-state index is 0.118. The predicted molar refractivity (Wildman–Crippen MR) is 97.2 cm³/mol. The summed E-state index contributed by atoms with van der Waals surface area (Å²) in [6.45, 7) is 2.54. The summed E-state index contributed by atoms with van der Waals surface area (Å²) >= 11 is 5.19. The van der Waals surface area contributed by atoms with E-state index in [9.17, 15) is 9.18 Å². The van der Waals surface area contributed by atoms with Crippen LogP contribution in [0.25, 0.3) is 0 Å². The molecule has 0 saturated carbocycles.